The molecule has 2 aromatic carbocycles. The van der Waals surface area contributed by atoms with Gasteiger partial charge < -0.3 is 15.0 Å². The molecule has 29 heavy (non-hydrogen) atoms. The Labute approximate surface area is 172 Å². The summed E-state index contributed by atoms with van der Waals surface area (Å²) in [5.41, 5.74) is 9.86. The molecule has 152 valence electrons. The number of piperidine rings is 3. The SMILES string of the molecule is NCCCCn1c2ccccc2c2ccc(OC/C=C3\CN4CCC3CC4)cc21. The van der Waals surface area contributed by atoms with Crippen molar-refractivity contribution in [2.75, 3.05) is 32.8 Å². The molecule has 3 saturated heterocycles. The molecule has 0 radical (unpaired) electrons. The quantitative estimate of drug-likeness (QED) is 0.476. The summed E-state index contributed by atoms with van der Waals surface area (Å²) < 4.78 is 8.60. The fourth-order valence-electron chi connectivity index (χ4n) is 5.10. The molecule has 1 aromatic heterocycles. The van der Waals surface area contributed by atoms with Gasteiger partial charge in [-0.15, -0.1) is 0 Å². The topological polar surface area (TPSA) is 43.4 Å². The van der Waals surface area contributed by atoms with Crippen molar-refractivity contribution in [2.45, 2.75) is 32.2 Å². The van der Waals surface area contributed by atoms with Crippen molar-refractivity contribution >= 4 is 21.8 Å². The maximum Gasteiger partial charge on any atom is 0.121 e. The predicted octanol–water partition coefficient (Wildman–Crippen LogP) is 4.56. The van der Waals surface area contributed by atoms with E-state index in [2.05, 4.69) is 58.0 Å². The van der Waals surface area contributed by atoms with Gasteiger partial charge in [0.2, 0.25) is 0 Å². The molecular formula is C25H31N3O. The Morgan fingerprint density at radius 3 is 2.62 bits per heavy atom. The van der Waals surface area contributed by atoms with E-state index in [9.17, 15) is 0 Å². The summed E-state index contributed by atoms with van der Waals surface area (Å²) in [5, 5.41) is 2.62. The number of nitrogens with two attached hydrogens (primary N) is 1. The third kappa shape index (κ3) is 3.67. The van der Waals surface area contributed by atoms with Gasteiger partial charge in [-0.3, -0.25) is 4.90 Å². The minimum absolute atomic E-state index is 0.665. The molecule has 6 rings (SSSR count). The van der Waals surface area contributed by atoms with E-state index in [0.29, 0.717) is 6.61 Å². The molecule has 3 aliphatic rings. The Bertz CT molecular complexity index is 1030. The third-order valence-electron chi connectivity index (χ3n) is 6.69. The second-order valence-electron chi connectivity index (χ2n) is 8.48. The van der Waals surface area contributed by atoms with E-state index < -0.39 is 0 Å². The molecule has 3 aliphatic heterocycles. The summed E-state index contributed by atoms with van der Waals surface area (Å²) in [6.45, 7) is 6.09. The van der Waals surface area contributed by atoms with E-state index in [1.807, 2.05) is 0 Å². The van der Waals surface area contributed by atoms with Crippen molar-refractivity contribution in [1.82, 2.24) is 9.47 Å². The van der Waals surface area contributed by atoms with Gasteiger partial charge in [0.1, 0.15) is 12.4 Å². The number of para-hydroxylation sites is 1. The zero-order valence-electron chi connectivity index (χ0n) is 17.1. The summed E-state index contributed by atoms with van der Waals surface area (Å²) in [7, 11) is 0. The van der Waals surface area contributed by atoms with Crippen LogP contribution in [0.15, 0.2) is 54.1 Å². The van der Waals surface area contributed by atoms with Gasteiger partial charge in [0.05, 0.1) is 5.52 Å². The Balaban J connectivity index is 1.39. The highest BCUT2D eigenvalue weighted by Crippen LogP contribution is 2.33. The van der Waals surface area contributed by atoms with E-state index in [4.69, 9.17) is 10.5 Å². The van der Waals surface area contributed by atoms with Crippen LogP contribution in [0.2, 0.25) is 0 Å². The lowest BCUT2D eigenvalue weighted by Gasteiger charge is -2.41. The maximum absolute atomic E-state index is 6.17. The van der Waals surface area contributed by atoms with Crippen LogP contribution in [0.3, 0.4) is 0 Å². The third-order valence-corrected chi connectivity index (χ3v) is 6.69. The number of ether oxygens (including phenoxy) is 1. The largest absolute Gasteiger partial charge is 0.489 e. The summed E-state index contributed by atoms with van der Waals surface area (Å²) >= 11 is 0. The summed E-state index contributed by atoms with van der Waals surface area (Å²) in [6.07, 6.45) is 7.12. The van der Waals surface area contributed by atoms with Gasteiger partial charge in [0, 0.05) is 35.4 Å². The van der Waals surface area contributed by atoms with Crippen LogP contribution in [0.1, 0.15) is 25.7 Å². The number of rotatable bonds is 7. The van der Waals surface area contributed by atoms with Crippen LogP contribution in [0.5, 0.6) is 5.75 Å². The van der Waals surface area contributed by atoms with Gasteiger partial charge in [-0.25, -0.2) is 0 Å². The highest BCUT2D eigenvalue weighted by atomic mass is 16.5. The molecule has 3 fully saturated rings. The number of unbranched alkanes of at least 4 members (excludes halogenated alkanes) is 1. The van der Waals surface area contributed by atoms with Gasteiger partial charge in [0.25, 0.3) is 0 Å². The smallest absolute Gasteiger partial charge is 0.121 e. The van der Waals surface area contributed by atoms with Crippen molar-refractivity contribution in [2.24, 2.45) is 11.7 Å². The molecule has 0 amide bonds. The molecule has 4 heteroatoms. The van der Waals surface area contributed by atoms with Crippen LogP contribution in [0.25, 0.3) is 21.8 Å². The van der Waals surface area contributed by atoms with Crippen molar-refractivity contribution < 1.29 is 4.74 Å². The van der Waals surface area contributed by atoms with Crippen LogP contribution < -0.4 is 10.5 Å². The van der Waals surface area contributed by atoms with Crippen molar-refractivity contribution in [3.8, 4) is 5.75 Å². The molecule has 2 bridgehead atoms. The fraction of sp³-hybridized carbons (Fsp3) is 0.440. The minimum Gasteiger partial charge on any atom is -0.489 e. The first-order valence-corrected chi connectivity index (χ1v) is 11.1. The van der Waals surface area contributed by atoms with Gasteiger partial charge >= 0.3 is 0 Å². The van der Waals surface area contributed by atoms with Gasteiger partial charge in [0.15, 0.2) is 0 Å². The van der Waals surface area contributed by atoms with Gasteiger partial charge in [-0.1, -0.05) is 23.8 Å². The maximum atomic E-state index is 6.17. The van der Waals surface area contributed by atoms with Crippen LogP contribution in [0.4, 0.5) is 0 Å². The monoisotopic (exact) mass is 389 g/mol. The lowest BCUT2D eigenvalue weighted by molar-refractivity contribution is 0.160. The highest BCUT2D eigenvalue weighted by molar-refractivity contribution is 6.08. The molecule has 3 aromatic rings. The predicted molar refractivity (Wildman–Crippen MR) is 120 cm³/mol. The zero-order chi connectivity index (χ0) is 19.6. The Morgan fingerprint density at radius 1 is 1.00 bits per heavy atom. The number of fused-ring (bicyclic) bond motifs is 6. The average Bonchev–Trinajstić information content (AvgIpc) is 3.08. The Kier molecular flexibility index (Phi) is 5.30. The van der Waals surface area contributed by atoms with E-state index in [1.165, 1.54) is 47.7 Å². The van der Waals surface area contributed by atoms with Gasteiger partial charge in [-0.05, 0) is 75.5 Å². The summed E-state index contributed by atoms with van der Waals surface area (Å²) in [4.78, 5) is 2.57. The number of aromatic nitrogens is 1. The zero-order valence-corrected chi connectivity index (χ0v) is 17.1. The lowest BCUT2D eigenvalue weighted by Crippen LogP contribution is -2.43. The second kappa shape index (κ2) is 8.21. The van der Waals surface area contributed by atoms with Crippen molar-refractivity contribution in [3.63, 3.8) is 0 Å². The van der Waals surface area contributed by atoms with Crippen LogP contribution in [-0.2, 0) is 6.54 Å². The number of hydrogen-bond acceptors (Lipinski definition) is 3. The highest BCUT2D eigenvalue weighted by Gasteiger charge is 2.28. The molecule has 0 saturated carbocycles. The Hall–Kier alpha value is -2.30. The van der Waals surface area contributed by atoms with Crippen LogP contribution in [0, 0.1) is 5.92 Å². The normalized spacial score (nSPS) is 22.7. The standard InChI is InChI=1S/C25H31N3O/c26-12-3-4-13-28-24-6-2-1-5-22(24)23-8-7-21(17-25(23)28)29-16-11-20-18-27-14-9-19(20)10-15-27/h1-2,5-8,11,17,19H,3-4,9-10,12-16,18,26H2/b20-11+. The Morgan fingerprint density at radius 2 is 1.83 bits per heavy atom. The summed E-state index contributed by atoms with van der Waals surface area (Å²) in [6, 6.07) is 15.2. The molecule has 2 N–H and O–H groups in total. The number of nitrogens with zero attached hydrogens (tertiary/aromatic N) is 2. The van der Waals surface area contributed by atoms with Crippen LogP contribution >= 0.6 is 0 Å². The first kappa shape index (κ1) is 18.7. The van der Waals surface area contributed by atoms with E-state index >= 15 is 0 Å². The lowest BCUT2D eigenvalue weighted by atomic mass is 9.84. The molecular weight excluding hydrogens is 358 g/mol. The molecule has 0 aliphatic carbocycles. The number of hydrogen-bond donors (Lipinski definition) is 1. The molecule has 4 heterocycles. The fourth-order valence-corrected chi connectivity index (χ4v) is 5.10. The van der Waals surface area contributed by atoms with Crippen molar-refractivity contribution in [1.29, 1.82) is 0 Å². The first-order valence-electron chi connectivity index (χ1n) is 11.1. The van der Waals surface area contributed by atoms with E-state index in [-0.39, 0.29) is 0 Å². The number of aryl methyl sites for hydroxylation is 1. The van der Waals surface area contributed by atoms with E-state index in [1.54, 1.807) is 5.57 Å². The van der Waals surface area contributed by atoms with E-state index in [0.717, 1.165) is 44.1 Å². The molecule has 0 unspecified atom stereocenters. The van der Waals surface area contributed by atoms with Gasteiger partial charge in [-0.2, -0.15) is 0 Å². The molecule has 4 nitrogen and oxygen atoms in total. The molecule has 0 atom stereocenters. The second-order valence-corrected chi connectivity index (χ2v) is 8.48. The minimum atomic E-state index is 0.665. The molecule has 0 spiro atoms. The first-order chi connectivity index (χ1) is 14.3. The number of benzene rings is 2. The van der Waals surface area contributed by atoms with Crippen molar-refractivity contribution in [3.05, 3.63) is 54.1 Å². The van der Waals surface area contributed by atoms with Crippen LogP contribution in [-0.4, -0.2) is 42.3 Å². The summed E-state index contributed by atoms with van der Waals surface area (Å²) in [5.74, 6) is 1.75. The average molecular weight is 390 g/mol.